The zero-order valence-corrected chi connectivity index (χ0v) is 9.97. The Labute approximate surface area is 106 Å². The van der Waals surface area contributed by atoms with Crippen molar-refractivity contribution in [3.05, 3.63) is 70.1 Å². The van der Waals surface area contributed by atoms with Gasteiger partial charge in [-0.05, 0) is 17.7 Å². The molecule has 0 aliphatic heterocycles. The van der Waals surface area contributed by atoms with Gasteiger partial charge in [0.05, 0.1) is 6.54 Å². The minimum Gasteiger partial charge on any atom is -0.350 e. The van der Waals surface area contributed by atoms with Gasteiger partial charge in [-0.1, -0.05) is 24.0 Å². The van der Waals surface area contributed by atoms with E-state index in [2.05, 4.69) is 11.8 Å². The summed E-state index contributed by atoms with van der Waals surface area (Å²) in [5.74, 6) is 5.84. The van der Waals surface area contributed by atoms with Crippen molar-refractivity contribution in [3.8, 4) is 11.8 Å². The molecule has 18 heavy (non-hydrogen) atoms. The number of hydrogen-bond donors (Lipinski definition) is 1. The van der Waals surface area contributed by atoms with Gasteiger partial charge in [-0.15, -0.1) is 0 Å². The maximum atomic E-state index is 11.0. The first-order chi connectivity index (χ1) is 8.78. The van der Waals surface area contributed by atoms with Gasteiger partial charge in [0, 0.05) is 36.6 Å². The minimum absolute atomic E-state index is 0.0220. The molecule has 90 valence electrons. The first-order valence-corrected chi connectivity index (χ1v) is 5.72. The van der Waals surface area contributed by atoms with Crippen LogP contribution in [0.2, 0.25) is 0 Å². The summed E-state index contributed by atoms with van der Waals surface area (Å²) in [5, 5.41) is 0. The molecule has 2 aromatic rings. The molecule has 1 aromatic heterocycles. The first-order valence-electron chi connectivity index (χ1n) is 5.72. The van der Waals surface area contributed by atoms with Crippen LogP contribution in [0.1, 0.15) is 11.1 Å². The third-order valence-electron chi connectivity index (χ3n) is 2.49. The summed E-state index contributed by atoms with van der Waals surface area (Å²) in [6.07, 6.45) is 3.56. The van der Waals surface area contributed by atoms with Crippen LogP contribution in [-0.4, -0.2) is 11.1 Å². The predicted octanol–water partition coefficient (Wildman–Crippen LogP) is 1.21. The second-order valence-corrected chi connectivity index (χ2v) is 3.91. The zero-order chi connectivity index (χ0) is 12.8. The molecule has 0 fully saturated rings. The van der Waals surface area contributed by atoms with Crippen LogP contribution in [0.25, 0.3) is 0 Å². The van der Waals surface area contributed by atoms with Gasteiger partial charge < -0.3 is 10.3 Å². The van der Waals surface area contributed by atoms with Crippen LogP contribution in [0.3, 0.4) is 0 Å². The Bertz CT molecular complexity index is 627. The van der Waals surface area contributed by atoms with Crippen LogP contribution >= 0.6 is 0 Å². The molecule has 0 unspecified atom stereocenters. The van der Waals surface area contributed by atoms with Crippen molar-refractivity contribution in [2.45, 2.75) is 6.54 Å². The summed E-state index contributed by atoms with van der Waals surface area (Å²) < 4.78 is 1.96. The van der Waals surface area contributed by atoms with Crippen molar-refractivity contribution in [1.82, 2.24) is 4.57 Å². The van der Waals surface area contributed by atoms with Gasteiger partial charge in [0.15, 0.2) is 5.43 Å². The summed E-state index contributed by atoms with van der Waals surface area (Å²) in [5.41, 5.74) is 7.47. The SMILES string of the molecule is NCC#Cc1cccc(Cn2ccc(=O)cc2)c1. The van der Waals surface area contributed by atoms with Gasteiger partial charge in [0.2, 0.25) is 0 Å². The van der Waals surface area contributed by atoms with E-state index in [-0.39, 0.29) is 5.43 Å². The minimum atomic E-state index is 0.0220. The highest BCUT2D eigenvalue weighted by atomic mass is 16.1. The summed E-state index contributed by atoms with van der Waals surface area (Å²) >= 11 is 0. The van der Waals surface area contributed by atoms with Crippen molar-refractivity contribution >= 4 is 0 Å². The van der Waals surface area contributed by atoms with E-state index < -0.39 is 0 Å². The average Bonchev–Trinajstić information content (AvgIpc) is 2.40. The standard InChI is InChI=1S/C15H14N2O/c16-8-2-5-13-3-1-4-14(11-13)12-17-9-6-15(18)7-10-17/h1,3-4,6-7,9-11H,8,12,16H2. The largest absolute Gasteiger partial charge is 0.350 e. The molecule has 3 nitrogen and oxygen atoms in total. The average molecular weight is 238 g/mol. The van der Waals surface area contributed by atoms with E-state index in [1.165, 1.54) is 0 Å². The fraction of sp³-hybridized carbons (Fsp3) is 0.133. The fourth-order valence-electron chi connectivity index (χ4n) is 1.66. The number of rotatable bonds is 2. The highest BCUT2D eigenvalue weighted by molar-refractivity contribution is 5.37. The second kappa shape index (κ2) is 5.85. The molecule has 0 spiro atoms. The highest BCUT2D eigenvalue weighted by Crippen LogP contribution is 2.06. The summed E-state index contributed by atoms with van der Waals surface area (Å²) in [6, 6.07) is 11.1. The van der Waals surface area contributed by atoms with Crippen LogP contribution in [0.5, 0.6) is 0 Å². The van der Waals surface area contributed by atoms with Crippen molar-refractivity contribution in [1.29, 1.82) is 0 Å². The highest BCUT2D eigenvalue weighted by Gasteiger charge is 1.95. The van der Waals surface area contributed by atoms with E-state index in [4.69, 9.17) is 5.73 Å². The number of aromatic nitrogens is 1. The van der Waals surface area contributed by atoms with E-state index in [0.29, 0.717) is 6.54 Å². The van der Waals surface area contributed by atoms with E-state index in [9.17, 15) is 4.79 Å². The quantitative estimate of drug-likeness (QED) is 0.799. The monoisotopic (exact) mass is 238 g/mol. The molecule has 1 heterocycles. The third kappa shape index (κ3) is 3.34. The Hall–Kier alpha value is -2.31. The van der Waals surface area contributed by atoms with Crippen LogP contribution in [0.4, 0.5) is 0 Å². The molecule has 0 atom stereocenters. The molecule has 0 amide bonds. The number of benzene rings is 1. The van der Waals surface area contributed by atoms with Gasteiger partial charge in [-0.25, -0.2) is 0 Å². The van der Waals surface area contributed by atoms with E-state index in [1.807, 2.05) is 28.8 Å². The number of nitrogens with zero attached hydrogens (tertiary/aromatic N) is 1. The number of hydrogen-bond acceptors (Lipinski definition) is 2. The topological polar surface area (TPSA) is 48.0 Å². The lowest BCUT2D eigenvalue weighted by molar-refractivity contribution is 0.788. The van der Waals surface area contributed by atoms with Crippen LogP contribution in [-0.2, 0) is 6.54 Å². The lowest BCUT2D eigenvalue weighted by Crippen LogP contribution is -2.04. The molecular formula is C15H14N2O. The van der Waals surface area contributed by atoms with Crippen molar-refractivity contribution < 1.29 is 0 Å². The maximum absolute atomic E-state index is 11.0. The van der Waals surface area contributed by atoms with Crippen LogP contribution in [0, 0.1) is 11.8 Å². The molecule has 0 saturated heterocycles. The van der Waals surface area contributed by atoms with E-state index in [0.717, 1.165) is 17.7 Å². The Morgan fingerprint density at radius 1 is 1.17 bits per heavy atom. The smallest absolute Gasteiger partial charge is 0.181 e. The fourth-order valence-corrected chi connectivity index (χ4v) is 1.66. The van der Waals surface area contributed by atoms with Crippen molar-refractivity contribution in [2.75, 3.05) is 6.54 Å². The predicted molar refractivity (Wildman–Crippen MR) is 72.2 cm³/mol. The molecule has 0 saturated carbocycles. The Morgan fingerprint density at radius 3 is 2.67 bits per heavy atom. The van der Waals surface area contributed by atoms with Crippen LogP contribution in [0.15, 0.2) is 53.6 Å². The molecule has 0 aliphatic carbocycles. The van der Waals surface area contributed by atoms with Gasteiger partial charge in [-0.3, -0.25) is 4.79 Å². The second-order valence-electron chi connectivity index (χ2n) is 3.91. The zero-order valence-electron chi connectivity index (χ0n) is 9.97. The van der Waals surface area contributed by atoms with E-state index in [1.54, 1.807) is 24.5 Å². The van der Waals surface area contributed by atoms with Crippen molar-refractivity contribution in [3.63, 3.8) is 0 Å². The third-order valence-corrected chi connectivity index (χ3v) is 2.49. The first kappa shape index (κ1) is 12.2. The molecular weight excluding hydrogens is 224 g/mol. The number of nitrogens with two attached hydrogens (primary N) is 1. The van der Waals surface area contributed by atoms with Crippen molar-refractivity contribution in [2.24, 2.45) is 5.73 Å². The summed E-state index contributed by atoms with van der Waals surface area (Å²) in [4.78, 5) is 11.0. The normalized spacial score (nSPS) is 9.61. The van der Waals surface area contributed by atoms with Gasteiger partial charge in [0.1, 0.15) is 0 Å². The lowest BCUT2D eigenvalue weighted by Gasteiger charge is -2.06. The molecule has 0 radical (unpaired) electrons. The molecule has 2 N–H and O–H groups in total. The Kier molecular flexibility index (Phi) is 3.95. The molecule has 2 rings (SSSR count). The summed E-state index contributed by atoms with van der Waals surface area (Å²) in [6.45, 7) is 1.09. The van der Waals surface area contributed by atoms with Crippen LogP contribution < -0.4 is 11.2 Å². The number of pyridine rings is 1. The van der Waals surface area contributed by atoms with Gasteiger partial charge >= 0.3 is 0 Å². The van der Waals surface area contributed by atoms with Gasteiger partial charge in [-0.2, -0.15) is 0 Å². The van der Waals surface area contributed by atoms with Gasteiger partial charge in [0.25, 0.3) is 0 Å². The molecule has 0 aliphatic rings. The Morgan fingerprint density at radius 2 is 1.94 bits per heavy atom. The Balaban J connectivity index is 2.19. The molecule has 3 heteroatoms. The van der Waals surface area contributed by atoms with E-state index >= 15 is 0 Å². The molecule has 1 aromatic carbocycles. The molecule has 0 bridgehead atoms. The lowest BCUT2D eigenvalue weighted by atomic mass is 10.1. The summed E-state index contributed by atoms with van der Waals surface area (Å²) in [7, 11) is 0. The maximum Gasteiger partial charge on any atom is 0.181 e.